The molecule has 0 spiro atoms. The van der Waals surface area contributed by atoms with Gasteiger partial charge in [-0.3, -0.25) is 9.59 Å². The van der Waals surface area contributed by atoms with Crippen molar-refractivity contribution in [2.24, 2.45) is 0 Å². The Kier molecular flexibility index (Phi) is 2.29. The molecule has 0 fully saturated rings. The number of carbonyl (C=O) groups is 2. The topological polar surface area (TPSA) is 61.2 Å². The number of rotatable bonds is 1. The Morgan fingerprint density at radius 1 is 1.19 bits per heavy atom. The predicted octanol–water partition coefficient (Wildman–Crippen LogP) is 1.30. The van der Waals surface area contributed by atoms with Gasteiger partial charge >= 0.3 is 0 Å². The van der Waals surface area contributed by atoms with E-state index in [1.807, 2.05) is 6.07 Å². The largest absolute Gasteiger partial charge is 0.269 e. The number of carbonyl (C=O) groups excluding carboxylic acids is 2. The molecule has 1 aromatic carbocycles. The van der Waals surface area contributed by atoms with Crippen molar-refractivity contribution in [3.8, 4) is 6.07 Å². The lowest BCUT2D eigenvalue weighted by Crippen LogP contribution is -2.29. The van der Waals surface area contributed by atoms with E-state index in [0.29, 0.717) is 11.3 Å². The standard InChI is InChI=1S/C12H8N2O2/c1-8-2-3-10(6-9(8)7-13)14-11(15)4-5-12(14)16/h2-6H,1H3. The van der Waals surface area contributed by atoms with Crippen LogP contribution in [0.15, 0.2) is 30.4 Å². The van der Waals surface area contributed by atoms with Gasteiger partial charge in [-0.2, -0.15) is 5.26 Å². The van der Waals surface area contributed by atoms with Gasteiger partial charge in [-0.05, 0) is 24.6 Å². The molecule has 0 bridgehead atoms. The molecule has 0 aromatic heterocycles. The summed E-state index contributed by atoms with van der Waals surface area (Å²) in [6.45, 7) is 1.80. The van der Waals surface area contributed by atoms with Crippen molar-refractivity contribution in [2.45, 2.75) is 6.92 Å². The fraction of sp³-hybridized carbons (Fsp3) is 0.0833. The smallest absolute Gasteiger partial charge is 0.258 e. The minimum Gasteiger partial charge on any atom is -0.269 e. The van der Waals surface area contributed by atoms with Crippen LogP contribution in [0, 0.1) is 18.3 Å². The second kappa shape index (κ2) is 3.63. The van der Waals surface area contributed by atoms with Crippen molar-refractivity contribution in [1.82, 2.24) is 0 Å². The van der Waals surface area contributed by atoms with Gasteiger partial charge in [0.25, 0.3) is 11.8 Å². The summed E-state index contributed by atoms with van der Waals surface area (Å²) >= 11 is 0. The first-order valence-electron chi connectivity index (χ1n) is 4.70. The highest BCUT2D eigenvalue weighted by molar-refractivity contribution is 6.28. The van der Waals surface area contributed by atoms with Crippen LogP contribution >= 0.6 is 0 Å². The number of hydrogen-bond acceptors (Lipinski definition) is 3. The monoisotopic (exact) mass is 212 g/mol. The average Bonchev–Trinajstić information content (AvgIpc) is 2.60. The van der Waals surface area contributed by atoms with E-state index in [1.165, 1.54) is 18.2 Å². The summed E-state index contributed by atoms with van der Waals surface area (Å²) < 4.78 is 0. The molecule has 1 aliphatic heterocycles. The van der Waals surface area contributed by atoms with Crippen LogP contribution in [0.25, 0.3) is 0 Å². The van der Waals surface area contributed by atoms with Gasteiger partial charge in [-0.1, -0.05) is 6.07 Å². The minimum atomic E-state index is -0.377. The van der Waals surface area contributed by atoms with E-state index >= 15 is 0 Å². The minimum absolute atomic E-state index is 0.377. The Balaban J connectivity index is 2.47. The summed E-state index contributed by atoms with van der Waals surface area (Å²) in [7, 11) is 0. The van der Waals surface area contributed by atoms with Crippen LogP contribution in [0.3, 0.4) is 0 Å². The Labute approximate surface area is 92.4 Å². The fourth-order valence-corrected chi connectivity index (χ4v) is 1.52. The fourth-order valence-electron chi connectivity index (χ4n) is 1.52. The second-order valence-corrected chi connectivity index (χ2v) is 3.46. The van der Waals surface area contributed by atoms with Crippen molar-refractivity contribution in [3.05, 3.63) is 41.5 Å². The number of anilines is 1. The molecule has 2 amide bonds. The number of benzene rings is 1. The highest BCUT2D eigenvalue weighted by Gasteiger charge is 2.25. The van der Waals surface area contributed by atoms with E-state index in [4.69, 9.17) is 5.26 Å². The Morgan fingerprint density at radius 2 is 1.81 bits per heavy atom. The lowest BCUT2D eigenvalue weighted by molar-refractivity contribution is -0.119. The Morgan fingerprint density at radius 3 is 2.38 bits per heavy atom. The van der Waals surface area contributed by atoms with Gasteiger partial charge < -0.3 is 0 Å². The molecule has 0 unspecified atom stereocenters. The van der Waals surface area contributed by atoms with Crippen molar-refractivity contribution in [3.63, 3.8) is 0 Å². The Hall–Kier alpha value is -2.41. The molecule has 1 aliphatic rings. The zero-order chi connectivity index (χ0) is 11.7. The molecule has 1 heterocycles. The van der Waals surface area contributed by atoms with Crippen molar-refractivity contribution >= 4 is 17.5 Å². The van der Waals surface area contributed by atoms with E-state index in [-0.39, 0.29) is 11.8 Å². The van der Waals surface area contributed by atoms with Crippen molar-refractivity contribution < 1.29 is 9.59 Å². The third-order valence-corrected chi connectivity index (χ3v) is 2.41. The molecule has 4 nitrogen and oxygen atoms in total. The number of nitrogens with zero attached hydrogens (tertiary/aromatic N) is 2. The summed E-state index contributed by atoms with van der Waals surface area (Å²) in [5.41, 5.74) is 1.71. The molecule has 0 saturated carbocycles. The molecular formula is C12H8N2O2. The zero-order valence-corrected chi connectivity index (χ0v) is 8.60. The first-order valence-corrected chi connectivity index (χ1v) is 4.70. The van der Waals surface area contributed by atoms with E-state index in [0.717, 1.165) is 10.5 Å². The van der Waals surface area contributed by atoms with Crippen molar-refractivity contribution in [1.29, 1.82) is 5.26 Å². The highest BCUT2D eigenvalue weighted by atomic mass is 16.2. The van der Waals surface area contributed by atoms with E-state index in [2.05, 4.69) is 0 Å². The van der Waals surface area contributed by atoms with Gasteiger partial charge in [0.05, 0.1) is 17.3 Å². The summed E-state index contributed by atoms with van der Waals surface area (Å²) in [5.74, 6) is -0.754. The van der Waals surface area contributed by atoms with Gasteiger partial charge in [-0.25, -0.2) is 4.90 Å². The number of amides is 2. The lowest BCUT2D eigenvalue weighted by atomic mass is 10.1. The van der Waals surface area contributed by atoms with Crippen LogP contribution in [0.5, 0.6) is 0 Å². The SMILES string of the molecule is Cc1ccc(N2C(=O)C=CC2=O)cc1C#N. The second-order valence-electron chi connectivity index (χ2n) is 3.46. The molecule has 0 saturated heterocycles. The number of hydrogen-bond donors (Lipinski definition) is 0. The molecule has 78 valence electrons. The summed E-state index contributed by atoms with van der Waals surface area (Å²) in [6.07, 6.45) is 2.43. The van der Waals surface area contributed by atoms with Gasteiger partial charge in [0, 0.05) is 12.2 Å². The third kappa shape index (κ3) is 1.48. The number of aryl methyl sites for hydroxylation is 1. The van der Waals surface area contributed by atoms with E-state index < -0.39 is 0 Å². The zero-order valence-electron chi connectivity index (χ0n) is 8.60. The van der Waals surface area contributed by atoms with Crippen LogP contribution in [0.1, 0.15) is 11.1 Å². The maximum Gasteiger partial charge on any atom is 0.258 e. The Bertz CT molecular complexity index is 535. The van der Waals surface area contributed by atoms with Gasteiger partial charge in [0.1, 0.15) is 0 Å². The number of imide groups is 1. The normalized spacial score (nSPS) is 14.4. The van der Waals surface area contributed by atoms with Gasteiger partial charge in [0.15, 0.2) is 0 Å². The molecule has 0 aliphatic carbocycles. The first kappa shape index (κ1) is 10.1. The molecular weight excluding hydrogens is 204 g/mol. The van der Waals surface area contributed by atoms with E-state index in [1.54, 1.807) is 19.1 Å². The van der Waals surface area contributed by atoms with Crippen LogP contribution < -0.4 is 4.90 Å². The van der Waals surface area contributed by atoms with Crippen LogP contribution in [0.2, 0.25) is 0 Å². The van der Waals surface area contributed by atoms with Crippen LogP contribution in [0.4, 0.5) is 5.69 Å². The van der Waals surface area contributed by atoms with Crippen LogP contribution in [-0.4, -0.2) is 11.8 Å². The maximum absolute atomic E-state index is 11.4. The molecule has 4 heteroatoms. The molecule has 16 heavy (non-hydrogen) atoms. The molecule has 1 aromatic rings. The summed E-state index contributed by atoms with van der Waals surface area (Å²) in [4.78, 5) is 23.9. The lowest BCUT2D eigenvalue weighted by Gasteiger charge is -2.14. The average molecular weight is 212 g/mol. The first-order chi connectivity index (χ1) is 7.63. The molecule has 0 N–H and O–H groups in total. The molecule has 0 atom stereocenters. The summed E-state index contributed by atoms with van der Waals surface area (Å²) in [5, 5.41) is 8.86. The quantitative estimate of drug-likeness (QED) is 0.659. The molecule has 2 rings (SSSR count). The number of nitriles is 1. The predicted molar refractivity (Wildman–Crippen MR) is 57.5 cm³/mol. The molecule has 0 radical (unpaired) electrons. The third-order valence-electron chi connectivity index (χ3n) is 2.41. The van der Waals surface area contributed by atoms with Crippen molar-refractivity contribution in [2.75, 3.05) is 4.90 Å². The van der Waals surface area contributed by atoms with Gasteiger partial charge in [0.2, 0.25) is 0 Å². The maximum atomic E-state index is 11.4. The van der Waals surface area contributed by atoms with E-state index in [9.17, 15) is 9.59 Å². The van der Waals surface area contributed by atoms with Gasteiger partial charge in [-0.15, -0.1) is 0 Å². The summed E-state index contributed by atoms with van der Waals surface area (Å²) in [6, 6.07) is 6.93. The van der Waals surface area contributed by atoms with Crippen LogP contribution in [-0.2, 0) is 9.59 Å². The highest BCUT2D eigenvalue weighted by Crippen LogP contribution is 2.21.